The number of hydrogen-bond acceptors (Lipinski definition) is 3. The summed E-state index contributed by atoms with van der Waals surface area (Å²) in [6.45, 7) is 2.39. The molecule has 0 bridgehead atoms. The van der Waals surface area contributed by atoms with Gasteiger partial charge in [-0.05, 0) is 24.3 Å². The van der Waals surface area contributed by atoms with Crippen molar-refractivity contribution in [2.75, 3.05) is 18.2 Å². The fraction of sp³-hybridized carbons (Fsp3) is 0.278. The van der Waals surface area contributed by atoms with Gasteiger partial charge in [-0.1, -0.05) is 47.1 Å². The van der Waals surface area contributed by atoms with Gasteiger partial charge in [-0.3, -0.25) is 4.79 Å². The number of thioether (sulfide) groups is 1. The molecule has 5 heteroatoms. The Morgan fingerprint density at radius 2 is 1.96 bits per heavy atom. The van der Waals surface area contributed by atoms with Crippen LogP contribution in [0.2, 0.25) is 0 Å². The number of benzene rings is 2. The van der Waals surface area contributed by atoms with Crippen LogP contribution < -0.4 is 5.32 Å². The number of methoxy groups -OCH3 is 1. The highest BCUT2D eigenvalue weighted by molar-refractivity contribution is 9.10. The first-order chi connectivity index (χ1) is 11.1. The van der Waals surface area contributed by atoms with Crippen LogP contribution in [0.3, 0.4) is 0 Å². The minimum Gasteiger partial charge on any atom is -0.380 e. The van der Waals surface area contributed by atoms with Crippen LogP contribution in [-0.2, 0) is 16.1 Å². The topological polar surface area (TPSA) is 38.3 Å². The molecule has 2 aromatic rings. The van der Waals surface area contributed by atoms with Gasteiger partial charge in [0.25, 0.3) is 0 Å². The molecule has 122 valence electrons. The second kappa shape index (κ2) is 9.11. The van der Waals surface area contributed by atoms with Crippen molar-refractivity contribution in [3.8, 4) is 0 Å². The largest absolute Gasteiger partial charge is 0.380 e. The maximum absolute atomic E-state index is 12.4. The highest BCUT2D eigenvalue weighted by atomic mass is 79.9. The molecule has 1 unspecified atom stereocenters. The normalized spacial score (nSPS) is 12.0. The van der Waals surface area contributed by atoms with Crippen LogP contribution in [0.15, 0.2) is 57.9 Å². The van der Waals surface area contributed by atoms with Gasteiger partial charge in [0.2, 0.25) is 5.91 Å². The number of amides is 1. The van der Waals surface area contributed by atoms with Crippen molar-refractivity contribution in [3.05, 3.63) is 58.6 Å². The first-order valence-corrected chi connectivity index (χ1v) is 9.14. The predicted octanol–water partition coefficient (Wildman–Crippen LogP) is 4.96. The smallest absolute Gasteiger partial charge is 0.228 e. The summed E-state index contributed by atoms with van der Waals surface area (Å²) in [6.07, 6.45) is 0. The van der Waals surface area contributed by atoms with Gasteiger partial charge in [0.05, 0.1) is 6.61 Å². The van der Waals surface area contributed by atoms with E-state index in [0.29, 0.717) is 6.61 Å². The lowest BCUT2D eigenvalue weighted by Crippen LogP contribution is -2.23. The predicted molar refractivity (Wildman–Crippen MR) is 99.8 cm³/mol. The van der Waals surface area contributed by atoms with Gasteiger partial charge in [-0.15, -0.1) is 11.8 Å². The molecule has 0 fully saturated rings. The lowest BCUT2D eigenvalue weighted by atomic mass is 10.1. The van der Waals surface area contributed by atoms with Gasteiger partial charge in [0.1, 0.15) is 0 Å². The number of hydrogen-bond donors (Lipinski definition) is 1. The molecule has 0 saturated carbocycles. The van der Waals surface area contributed by atoms with Gasteiger partial charge >= 0.3 is 0 Å². The maximum Gasteiger partial charge on any atom is 0.228 e. The zero-order chi connectivity index (χ0) is 16.7. The van der Waals surface area contributed by atoms with Crippen molar-refractivity contribution in [3.63, 3.8) is 0 Å². The molecule has 0 aromatic heterocycles. The van der Waals surface area contributed by atoms with Crippen molar-refractivity contribution in [2.45, 2.75) is 18.4 Å². The van der Waals surface area contributed by atoms with Crippen LogP contribution in [0, 0.1) is 5.92 Å². The third-order valence-corrected chi connectivity index (χ3v) is 5.37. The average molecular weight is 394 g/mol. The second-order valence-corrected chi connectivity index (χ2v) is 7.16. The number of rotatable bonds is 7. The summed E-state index contributed by atoms with van der Waals surface area (Å²) < 4.78 is 6.15. The van der Waals surface area contributed by atoms with Gasteiger partial charge in [-0.2, -0.15) is 0 Å². The number of carbonyl (C=O) groups excluding carboxylic acids is 1. The van der Waals surface area contributed by atoms with Crippen molar-refractivity contribution in [1.29, 1.82) is 0 Å². The van der Waals surface area contributed by atoms with Gasteiger partial charge < -0.3 is 10.1 Å². The summed E-state index contributed by atoms with van der Waals surface area (Å²) in [5, 5.41) is 3.01. The average Bonchev–Trinajstić information content (AvgIpc) is 2.56. The molecule has 0 heterocycles. The van der Waals surface area contributed by atoms with E-state index in [1.807, 2.05) is 43.3 Å². The third kappa shape index (κ3) is 5.37. The van der Waals surface area contributed by atoms with E-state index in [9.17, 15) is 4.79 Å². The van der Waals surface area contributed by atoms with E-state index in [4.69, 9.17) is 4.74 Å². The van der Waals surface area contributed by atoms with Crippen LogP contribution in [0.25, 0.3) is 0 Å². The Bertz CT molecular complexity index is 649. The summed E-state index contributed by atoms with van der Waals surface area (Å²) >= 11 is 5.19. The number of carbonyl (C=O) groups is 1. The SMILES string of the molecule is COCc1c(Br)cccc1NC(=O)C(C)CSc1ccccc1. The summed E-state index contributed by atoms with van der Waals surface area (Å²) in [4.78, 5) is 13.6. The Labute approximate surface area is 149 Å². The van der Waals surface area contributed by atoms with Crippen LogP contribution in [0.4, 0.5) is 5.69 Å². The Balaban J connectivity index is 1.97. The van der Waals surface area contributed by atoms with E-state index >= 15 is 0 Å². The zero-order valence-electron chi connectivity index (χ0n) is 13.2. The van der Waals surface area contributed by atoms with E-state index in [-0.39, 0.29) is 11.8 Å². The van der Waals surface area contributed by atoms with Crippen LogP contribution in [0.5, 0.6) is 0 Å². The molecule has 0 aliphatic carbocycles. The van der Waals surface area contributed by atoms with Gasteiger partial charge in [0, 0.05) is 39.4 Å². The number of nitrogens with one attached hydrogen (secondary N) is 1. The quantitative estimate of drug-likeness (QED) is 0.675. The van der Waals surface area contributed by atoms with E-state index < -0.39 is 0 Å². The highest BCUT2D eigenvalue weighted by Gasteiger charge is 2.16. The van der Waals surface area contributed by atoms with Crippen LogP contribution in [0.1, 0.15) is 12.5 Å². The van der Waals surface area contributed by atoms with Crippen molar-refractivity contribution >= 4 is 39.3 Å². The number of ether oxygens (including phenoxy) is 1. The first kappa shape index (κ1) is 18.0. The van der Waals surface area contributed by atoms with Crippen LogP contribution in [-0.4, -0.2) is 18.8 Å². The fourth-order valence-corrected chi connectivity index (χ4v) is 3.46. The number of halogens is 1. The molecule has 3 nitrogen and oxygen atoms in total. The maximum atomic E-state index is 12.4. The van der Waals surface area contributed by atoms with E-state index in [1.165, 1.54) is 4.90 Å². The van der Waals surface area contributed by atoms with Gasteiger partial charge in [0.15, 0.2) is 0 Å². The Kier molecular flexibility index (Phi) is 7.15. The Hall–Kier alpha value is -1.30. The molecule has 0 saturated heterocycles. The van der Waals surface area contributed by atoms with E-state index in [0.717, 1.165) is 21.5 Å². The standard InChI is InChI=1S/C18H20BrNO2S/c1-13(12-23-14-7-4-3-5-8-14)18(21)20-17-10-6-9-16(19)15(17)11-22-2/h3-10,13H,11-12H2,1-2H3,(H,20,21). The molecule has 2 rings (SSSR count). The second-order valence-electron chi connectivity index (χ2n) is 5.21. The molecule has 23 heavy (non-hydrogen) atoms. The summed E-state index contributed by atoms with van der Waals surface area (Å²) in [5.41, 5.74) is 1.74. The third-order valence-electron chi connectivity index (χ3n) is 3.36. The summed E-state index contributed by atoms with van der Waals surface area (Å²) in [5.74, 6) is 0.669. The van der Waals surface area contributed by atoms with Crippen molar-refractivity contribution < 1.29 is 9.53 Å². The molecule has 2 aromatic carbocycles. The molecular formula is C18H20BrNO2S. The molecular weight excluding hydrogens is 374 g/mol. The summed E-state index contributed by atoms with van der Waals surface area (Å²) in [6, 6.07) is 15.9. The Morgan fingerprint density at radius 1 is 1.22 bits per heavy atom. The molecule has 1 amide bonds. The molecule has 1 N–H and O–H groups in total. The Morgan fingerprint density at radius 3 is 2.65 bits per heavy atom. The van der Waals surface area contributed by atoms with E-state index in [2.05, 4.69) is 33.4 Å². The van der Waals surface area contributed by atoms with Crippen LogP contribution >= 0.6 is 27.7 Å². The molecule has 0 radical (unpaired) electrons. The fourth-order valence-electron chi connectivity index (χ4n) is 2.04. The summed E-state index contributed by atoms with van der Waals surface area (Å²) in [7, 11) is 1.64. The first-order valence-electron chi connectivity index (χ1n) is 7.37. The zero-order valence-corrected chi connectivity index (χ0v) is 15.6. The van der Waals surface area contributed by atoms with Gasteiger partial charge in [-0.25, -0.2) is 0 Å². The molecule has 0 aliphatic rings. The number of anilines is 1. The molecule has 1 atom stereocenters. The molecule has 0 spiro atoms. The highest BCUT2D eigenvalue weighted by Crippen LogP contribution is 2.27. The monoisotopic (exact) mass is 393 g/mol. The minimum atomic E-state index is -0.0883. The minimum absolute atomic E-state index is 0.0175. The lowest BCUT2D eigenvalue weighted by molar-refractivity contribution is -0.118. The molecule has 0 aliphatic heterocycles. The van der Waals surface area contributed by atoms with Crippen molar-refractivity contribution in [2.24, 2.45) is 5.92 Å². The lowest BCUT2D eigenvalue weighted by Gasteiger charge is -2.15. The van der Waals surface area contributed by atoms with E-state index in [1.54, 1.807) is 18.9 Å². The van der Waals surface area contributed by atoms with Crippen molar-refractivity contribution in [1.82, 2.24) is 0 Å².